The minimum atomic E-state index is -3.53. The molecular formula is C20H27N2O3P. The van der Waals surface area contributed by atoms with E-state index in [1.165, 1.54) is 6.42 Å². The maximum atomic E-state index is 13.9. The van der Waals surface area contributed by atoms with Crippen molar-refractivity contribution in [3.05, 3.63) is 54.4 Å². The monoisotopic (exact) mass is 374 g/mol. The Balaban J connectivity index is 1.96. The van der Waals surface area contributed by atoms with Gasteiger partial charge >= 0.3 is 0 Å². The van der Waals surface area contributed by atoms with Crippen LogP contribution < -0.4 is 10.2 Å². The molecule has 1 aromatic heterocycles. The Labute approximate surface area is 155 Å². The number of pyridine rings is 1. The molecule has 5 nitrogen and oxygen atoms in total. The molecular weight excluding hydrogens is 347 g/mol. The second-order valence-electron chi connectivity index (χ2n) is 7.00. The highest BCUT2D eigenvalue weighted by molar-refractivity contribution is 7.67. The Bertz CT molecular complexity index is 743. The SMILES string of the molecule is CN(C)c1ccc([P@@](=O)(OC2CCCCC2)[C@@H](O)c2ccccn2)cc1. The predicted octanol–water partition coefficient (Wildman–Crippen LogP) is 4.09. The molecule has 1 N–H and O–H groups in total. The fourth-order valence-electron chi connectivity index (χ4n) is 3.31. The molecule has 1 aliphatic carbocycles. The van der Waals surface area contributed by atoms with Gasteiger partial charge in [-0.1, -0.05) is 25.3 Å². The molecule has 1 saturated carbocycles. The Kier molecular flexibility index (Phi) is 6.13. The summed E-state index contributed by atoms with van der Waals surface area (Å²) in [5.41, 5.74) is 1.38. The van der Waals surface area contributed by atoms with Crippen molar-refractivity contribution in [3.63, 3.8) is 0 Å². The van der Waals surface area contributed by atoms with Gasteiger partial charge in [0, 0.05) is 31.3 Å². The number of benzene rings is 1. The molecule has 2 atom stereocenters. The van der Waals surface area contributed by atoms with Crippen molar-refractivity contribution >= 4 is 18.4 Å². The molecule has 2 aromatic rings. The summed E-state index contributed by atoms with van der Waals surface area (Å²) in [6.45, 7) is 0. The number of rotatable bonds is 6. The first-order valence-corrected chi connectivity index (χ1v) is 10.8. The predicted molar refractivity (Wildman–Crippen MR) is 105 cm³/mol. The van der Waals surface area contributed by atoms with Crippen molar-refractivity contribution in [1.82, 2.24) is 4.98 Å². The molecule has 0 aliphatic heterocycles. The molecule has 0 unspecified atom stereocenters. The quantitative estimate of drug-likeness (QED) is 0.772. The average molecular weight is 374 g/mol. The molecule has 0 radical (unpaired) electrons. The van der Waals surface area contributed by atoms with E-state index in [0.717, 1.165) is 31.4 Å². The highest BCUT2D eigenvalue weighted by Crippen LogP contribution is 2.59. The zero-order valence-corrected chi connectivity index (χ0v) is 16.3. The van der Waals surface area contributed by atoms with Crippen molar-refractivity contribution in [1.29, 1.82) is 0 Å². The van der Waals surface area contributed by atoms with E-state index in [-0.39, 0.29) is 6.10 Å². The minimum absolute atomic E-state index is 0.0820. The maximum Gasteiger partial charge on any atom is 0.266 e. The zero-order valence-electron chi connectivity index (χ0n) is 15.4. The van der Waals surface area contributed by atoms with E-state index >= 15 is 0 Å². The van der Waals surface area contributed by atoms with Crippen LogP contribution in [0.1, 0.15) is 43.6 Å². The fourth-order valence-corrected chi connectivity index (χ4v) is 5.55. The van der Waals surface area contributed by atoms with Crippen LogP contribution in [0, 0.1) is 0 Å². The number of nitrogens with zero attached hydrogens (tertiary/aromatic N) is 2. The molecule has 0 amide bonds. The van der Waals surface area contributed by atoms with Crippen LogP contribution in [0.25, 0.3) is 0 Å². The maximum absolute atomic E-state index is 13.9. The fraction of sp³-hybridized carbons (Fsp3) is 0.450. The van der Waals surface area contributed by atoms with Crippen molar-refractivity contribution in [2.24, 2.45) is 0 Å². The molecule has 140 valence electrons. The van der Waals surface area contributed by atoms with Gasteiger partial charge in [-0.15, -0.1) is 0 Å². The standard InChI is InChI=1S/C20H27N2O3P/c1-22(2)16-11-13-18(14-12-16)26(24,25-17-8-4-3-5-9-17)20(23)19-10-6-7-15-21-19/h6-7,10-15,17,20,23H,3-5,8-9H2,1-2H3/t20-,26-/m1/s1. The van der Waals surface area contributed by atoms with Crippen molar-refractivity contribution in [2.75, 3.05) is 19.0 Å². The first-order valence-electron chi connectivity index (χ1n) is 9.16. The van der Waals surface area contributed by atoms with Crippen LogP contribution in [0.4, 0.5) is 5.69 Å². The van der Waals surface area contributed by atoms with Gasteiger partial charge in [-0.25, -0.2) is 0 Å². The van der Waals surface area contributed by atoms with E-state index in [4.69, 9.17) is 4.52 Å². The van der Waals surface area contributed by atoms with E-state index in [1.807, 2.05) is 31.1 Å². The summed E-state index contributed by atoms with van der Waals surface area (Å²) in [6.07, 6.45) is 6.61. The zero-order chi connectivity index (χ0) is 18.6. The van der Waals surface area contributed by atoms with Crippen LogP contribution in [-0.4, -0.2) is 30.3 Å². The molecule has 6 heteroatoms. The smallest absolute Gasteiger partial charge is 0.266 e. The van der Waals surface area contributed by atoms with E-state index < -0.39 is 13.2 Å². The van der Waals surface area contributed by atoms with Crippen LogP contribution in [-0.2, 0) is 9.09 Å². The van der Waals surface area contributed by atoms with Gasteiger partial charge < -0.3 is 14.5 Å². The van der Waals surface area contributed by atoms with Crippen molar-refractivity contribution < 1.29 is 14.2 Å². The third-order valence-corrected chi connectivity index (χ3v) is 7.40. The van der Waals surface area contributed by atoms with Gasteiger partial charge in [0.15, 0.2) is 5.85 Å². The average Bonchev–Trinajstić information content (AvgIpc) is 2.69. The molecule has 1 aliphatic rings. The summed E-state index contributed by atoms with van der Waals surface area (Å²) in [4.78, 5) is 6.18. The molecule has 0 spiro atoms. The normalized spacial score (nSPS) is 18.9. The second kappa shape index (κ2) is 8.34. The number of hydrogen-bond donors (Lipinski definition) is 1. The third-order valence-electron chi connectivity index (χ3n) is 4.86. The minimum Gasteiger partial charge on any atom is -0.378 e. The van der Waals surface area contributed by atoms with Gasteiger partial charge in [-0.3, -0.25) is 9.55 Å². The number of anilines is 1. The summed E-state index contributed by atoms with van der Waals surface area (Å²) < 4.78 is 20.1. The van der Waals surface area contributed by atoms with E-state index in [1.54, 1.807) is 36.5 Å². The molecule has 3 rings (SSSR count). The van der Waals surface area contributed by atoms with Gasteiger partial charge in [0.1, 0.15) is 0 Å². The molecule has 0 saturated heterocycles. The Morgan fingerprint density at radius 3 is 2.38 bits per heavy atom. The van der Waals surface area contributed by atoms with Crippen LogP contribution in [0.2, 0.25) is 0 Å². The summed E-state index contributed by atoms with van der Waals surface area (Å²) >= 11 is 0. The summed E-state index contributed by atoms with van der Waals surface area (Å²) in [7, 11) is 0.380. The van der Waals surface area contributed by atoms with Gasteiger partial charge in [-0.05, 0) is 49.2 Å². The van der Waals surface area contributed by atoms with Crippen LogP contribution in [0.5, 0.6) is 0 Å². The number of hydrogen-bond acceptors (Lipinski definition) is 5. The lowest BCUT2D eigenvalue weighted by Gasteiger charge is -2.30. The van der Waals surface area contributed by atoms with Gasteiger partial charge in [0.25, 0.3) is 7.37 Å². The van der Waals surface area contributed by atoms with E-state index in [9.17, 15) is 9.67 Å². The largest absolute Gasteiger partial charge is 0.378 e. The highest BCUT2D eigenvalue weighted by atomic mass is 31.2. The van der Waals surface area contributed by atoms with Crippen LogP contribution in [0.15, 0.2) is 48.7 Å². The number of aliphatic hydroxyl groups excluding tert-OH is 1. The highest BCUT2D eigenvalue weighted by Gasteiger charge is 2.39. The van der Waals surface area contributed by atoms with Crippen molar-refractivity contribution in [3.8, 4) is 0 Å². The number of aromatic nitrogens is 1. The lowest BCUT2D eigenvalue weighted by molar-refractivity contribution is 0.136. The summed E-state index contributed by atoms with van der Waals surface area (Å²) in [5.74, 6) is -1.27. The van der Waals surface area contributed by atoms with Crippen molar-refractivity contribution in [2.45, 2.75) is 44.1 Å². The van der Waals surface area contributed by atoms with E-state index in [2.05, 4.69) is 4.98 Å². The molecule has 26 heavy (non-hydrogen) atoms. The van der Waals surface area contributed by atoms with Gasteiger partial charge in [0.2, 0.25) is 0 Å². The summed E-state index contributed by atoms with van der Waals surface area (Å²) in [5, 5.41) is 11.5. The Hall–Kier alpha value is -1.68. The third kappa shape index (κ3) is 4.17. The molecule has 1 aromatic carbocycles. The molecule has 0 bridgehead atoms. The lowest BCUT2D eigenvalue weighted by Crippen LogP contribution is -2.23. The lowest BCUT2D eigenvalue weighted by atomic mass is 9.98. The van der Waals surface area contributed by atoms with Crippen LogP contribution >= 0.6 is 7.37 Å². The van der Waals surface area contributed by atoms with Crippen LogP contribution in [0.3, 0.4) is 0 Å². The first kappa shape index (κ1) is 19.1. The van der Waals surface area contributed by atoms with Gasteiger partial charge in [-0.2, -0.15) is 0 Å². The first-order chi connectivity index (χ1) is 12.5. The molecule has 1 fully saturated rings. The Morgan fingerprint density at radius 2 is 1.81 bits per heavy atom. The van der Waals surface area contributed by atoms with Gasteiger partial charge in [0.05, 0.1) is 11.8 Å². The Morgan fingerprint density at radius 1 is 1.12 bits per heavy atom. The topological polar surface area (TPSA) is 62.7 Å². The summed E-state index contributed by atoms with van der Waals surface area (Å²) in [6, 6.07) is 12.6. The second-order valence-corrected chi connectivity index (χ2v) is 9.41. The molecule has 1 heterocycles. The van der Waals surface area contributed by atoms with E-state index in [0.29, 0.717) is 11.0 Å². The number of aliphatic hydroxyl groups is 1.